The normalized spacial score (nSPS) is 15.4. The van der Waals surface area contributed by atoms with E-state index in [4.69, 9.17) is 11.6 Å². The van der Waals surface area contributed by atoms with Crippen LogP contribution in [0.15, 0.2) is 18.2 Å². The summed E-state index contributed by atoms with van der Waals surface area (Å²) in [5.74, 6) is 0.192. The minimum atomic E-state index is 0.0331. The van der Waals surface area contributed by atoms with Crippen LogP contribution in [0.2, 0.25) is 5.02 Å². The van der Waals surface area contributed by atoms with Crippen molar-refractivity contribution in [1.29, 1.82) is 0 Å². The third kappa shape index (κ3) is 4.83. The van der Waals surface area contributed by atoms with Crippen molar-refractivity contribution in [2.45, 2.75) is 13.8 Å². The molecule has 0 bridgehead atoms. The van der Waals surface area contributed by atoms with E-state index in [-0.39, 0.29) is 11.8 Å². The first-order chi connectivity index (χ1) is 11.5. The fourth-order valence-corrected chi connectivity index (χ4v) is 3.91. The number of hydrogen-bond donors (Lipinski definition) is 0. The number of carbonyl (C=O) groups excluding carboxylic acids is 2. The Bertz CT molecular complexity index is 599. The van der Waals surface area contributed by atoms with Gasteiger partial charge >= 0.3 is 0 Å². The van der Waals surface area contributed by atoms with Gasteiger partial charge in [0.1, 0.15) is 0 Å². The van der Waals surface area contributed by atoms with Gasteiger partial charge in [0.15, 0.2) is 0 Å². The van der Waals surface area contributed by atoms with Gasteiger partial charge in [-0.25, -0.2) is 0 Å². The molecular formula is C17H23ClIN3O2. The van der Waals surface area contributed by atoms with Gasteiger partial charge in [0.2, 0.25) is 5.91 Å². The molecule has 1 aromatic rings. The van der Waals surface area contributed by atoms with Crippen LogP contribution in [-0.2, 0) is 4.79 Å². The van der Waals surface area contributed by atoms with Crippen molar-refractivity contribution in [3.63, 3.8) is 0 Å². The number of amides is 2. The summed E-state index contributed by atoms with van der Waals surface area (Å²) in [4.78, 5) is 30.6. The van der Waals surface area contributed by atoms with E-state index in [0.29, 0.717) is 30.2 Å². The Balaban J connectivity index is 1.90. The maximum Gasteiger partial charge on any atom is 0.255 e. The first kappa shape index (κ1) is 19.5. The minimum Gasteiger partial charge on any atom is -0.342 e. The molecule has 1 aromatic carbocycles. The van der Waals surface area contributed by atoms with Gasteiger partial charge in [-0.15, -0.1) is 0 Å². The topological polar surface area (TPSA) is 43.9 Å². The molecule has 0 aliphatic carbocycles. The van der Waals surface area contributed by atoms with Gasteiger partial charge < -0.3 is 9.80 Å². The molecule has 0 saturated carbocycles. The van der Waals surface area contributed by atoms with E-state index in [9.17, 15) is 9.59 Å². The second-order valence-corrected chi connectivity index (χ2v) is 7.36. The highest BCUT2D eigenvalue weighted by atomic mass is 127. The maximum absolute atomic E-state index is 12.6. The number of rotatable bonds is 5. The quantitative estimate of drug-likeness (QED) is 0.631. The molecule has 24 heavy (non-hydrogen) atoms. The van der Waals surface area contributed by atoms with E-state index in [1.165, 1.54) is 0 Å². The highest BCUT2D eigenvalue weighted by molar-refractivity contribution is 14.1. The molecule has 7 heteroatoms. The number of piperazine rings is 1. The summed E-state index contributed by atoms with van der Waals surface area (Å²) in [6.07, 6.45) is 0. The molecule has 0 radical (unpaired) electrons. The fraction of sp³-hybridized carbons (Fsp3) is 0.529. The van der Waals surface area contributed by atoms with E-state index in [0.717, 1.165) is 29.7 Å². The Labute approximate surface area is 162 Å². The van der Waals surface area contributed by atoms with Crippen LogP contribution in [0.1, 0.15) is 24.2 Å². The van der Waals surface area contributed by atoms with Crippen LogP contribution in [0, 0.1) is 3.57 Å². The van der Waals surface area contributed by atoms with Crippen molar-refractivity contribution in [2.75, 3.05) is 45.8 Å². The van der Waals surface area contributed by atoms with Crippen molar-refractivity contribution in [3.8, 4) is 0 Å². The van der Waals surface area contributed by atoms with Crippen LogP contribution >= 0.6 is 34.2 Å². The fourth-order valence-electron chi connectivity index (χ4n) is 2.81. The monoisotopic (exact) mass is 463 g/mol. The number of benzene rings is 1. The van der Waals surface area contributed by atoms with Crippen LogP contribution in [-0.4, -0.2) is 72.3 Å². The lowest BCUT2D eigenvalue weighted by Gasteiger charge is -2.35. The second kappa shape index (κ2) is 9.01. The van der Waals surface area contributed by atoms with Crippen molar-refractivity contribution < 1.29 is 9.59 Å². The predicted octanol–water partition coefficient (Wildman–Crippen LogP) is 2.57. The molecule has 1 saturated heterocycles. The first-order valence-corrected chi connectivity index (χ1v) is 9.66. The van der Waals surface area contributed by atoms with E-state index >= 15 is 0 Å². The van der Waals surface area contributed by atoms with Crippen molar-refractivity contribution >= 4 is 46.0 Å². The number of halogens is 2. The van der Waals surface area contributed by atoms with Crippen LogP contribution < -0.4 is 0 Å². The Morgan fingerprint density at radius 2 is 1.79 bits per heavy atom. The van der Waals surface area contributed by atoms with Crippen molar-refractivity contribution in [3.05, 3.63) is 32.4 Å². The summed E-state index contributed by atoms with van der Waals surface area (Å²) in [6, 6.07) is 5.33. The lowest BCUT2D eigenvalue weighted by atomic mass is 10.2. The summed E-state index contributed by atoms with van der Waals surface area (Å²) in [6.45, 7) is 8.63. The van der Waals surface area contributed by atoms with E-state index in [2.05, 4.69) is 27.5 Å². The zero-order chi connectivity index (χ0) is 17.7. The summed E-state index contributed by atoms with van der Waals surface area (Å²) in [5, 5.41) is 0.635. The molecule has 0 unspecified atom stereocenters. The Morgan fingerprint density at radius 3 is 2.33 bits per heavy atom. The van der Waals surface area contributed by atoms with Crippen LogP contribution in [0.3, 0.4) is 0 Å². The highest BCUT2D eigenvalue weighted by Gasteiger charge is 2.25. The molecule has 1 aliphatic heterocycles. The molecular weight excluding hydrogens is 441 g/mol. The third-order valence-electron chi connectivity index (χ3n) is 4.30. The van der Waals surface area contributed by atoms with Gasteiger partial charge in [0.25, 0.3) is 5.91 Å². The van der Waals surface area contributed by atoms with Gasteiger partial charge in [-0.1, -0.05) is 11.6 Å². The molecule has 0 aromatic heterocycles. The molecule has 1 fully saturated rings. The third-order valence-corrected chi connectivity index (χ3v) is 5.42. The van der Waals surface area contributed by atoms with E-state index in [1.807, 2.05) is 23.6 Å². The van der Waals surface area contributed by atoms with Gasteiger partial charge in [0.05, 0.1) is 12.1 Å². The van der Waals surface area contributed by atoms with Crippen LogP contribution in [0.25, 0.3) is 0 Å². The SMILES string of the molecule is CCN(CC)C(=O)CN1CCN(C(=O)c2ccc(Cl)cc2I)CC1. The summed E-state index contributed by atoms with van der Waals surface area (Å²) < 4.78 is 0.865. The maximum atomic E-state index is 12.6. The molecule has 1 heterocycles. The smallest absolute Gasteiger partial charge is 0.255 e. The average Bonchev–Trinajstić information content (AvgIpc) is 2.56. The minimum absolute atomic E-state index is 0.0331. The predicted molar refractivity (Wildman–Crippen MR) is 104 cm³/mol. The zero-order valence-electron chi connectivity index (χ0n) is 14.1. The second-order valence-electron chi connectivity index (χ2n) is 5.76. The standard InChI is InChI=1S/C17H23ClIN3O2/c1-3-21(4-2)16(23)12-20-7-9-22(10-8-20)17(24)14-6-5-13(18)11-15(14)19/h5-6,11H,3-4,7-10,12H2,1-2H3. The Kier molecular flexibility index (Phi) is 7.31. The molecule has 0 atom stereocenters. The van der Waals surface area contributed by atoms with Crippen LogP contribution in [0.4, 0.5) is 0 Å². The zero-order valence-corrected chi connectivity index (χ0v) is 17.0. The summed E-state index contributed by atoms with van der Waals surface area (Å²) in [5.41, 5.74) is 0.688. The molecule has 5 nitrogen and oxygen atoms in total. The summed E-state index contributed by atoms with van der Waals surface area (Å²) in [7, 11) is 0. The lowest BCUT2D eigenvalue weighted by Crippen LogP contribution is -2.51. The Hall–Kier alpha value is -0.860. The van der Waals surface area contributed by atoms with E-state index in [1.54, 1.807) is 18.2 Å². The van der Waals surface area contributed by atoms with Crippen molar-refractivity contribution in [1.82, 2.24) is 14.7 Å². The molecule has 0 spiro atoms. The van der Waals surface area contributed by atoms with Gasteiger partial charge in [-0.3, -0.25) is 14.5 Å². The highest BCUT2D eigenvalue weighted by Crippen LogP contribution is 2.20. The molecule has 1 aliphatic rings. The molecule has 132 valence electrons. The molecule has 2 amide bonds. The summed E-state index contributed by atoms with van der Waals surface area (Å²) >= 11 is 8.09. The average molecular weight is 464 g/mol. The molecule has 0 N–H and O–H groups in total. The largest absolute Gasteiger partial charge is 0.342 e. The number of carbonyl (C=O) groups is 2. The van der Waals surface area contributed by atoms with Gasteiger partial charge in [-0.05, 0) is 54.6 Å². The van der Waals surface area contributed by atoms with E-state index < -0.39 is 0 Å². The number of nitrogens with zero attached hydrogens (tertiary/aromatic N) is 3. The number of likely N-dealkylation sites (N-methyl/N-ethyl adjacent to an activating group) is 1. The van der Waals surface area contributed by atoms with Gasteiger partial charge in [-0.2, -0.15) is 0 Å². The Morgan fingerprint density at radius 1 is 1.17 bits per heavy atom. The number of hydrogen-bond acceptors (Lipinski definition) is 3. The first-order valence-electron chi connectivity index (χ1n) is 8.20. The lowest BCUT2D eigenvalue weighted by molar-refractivity contribution is -0.132. The van der Waals surface area contributed by atoms with Gasteiger partial charge in [0, 0.05) is 47.9 Å². The molecule has 2 rings (SSSR count). The van der Waals surface area contributed by atoms with Crippen LogP contribution in [0.5, 0.6) is 0 Å². The van der Waals surface area contributed by atoms with Crippen molar-refractivity contribution in [2.24, 2.45) is 0 Å².